The van der Waals surface area contributed by atoms with Gasteiger partial charge in [0.15, 0.2) is 6.61 Å². The fourth-order valence-electron chi connectivity index (χ4n) is 10.8. The first-order valence-electron chi connectivity index (χ1n) is 27.3. The minimum absolute atomic E-state index is 0.0264. The minimum Gasteiger partial charge on any atom is -0.497 e. The molecule has 1 aliphatic carbocycles. The molecule has 0 bridgehead atoms. The van der Waals surface area contributed by atoms with E-state index in [0.29, 0.717) is 28.4 Å². The Bertz CT molecular complexity index is 3470. The molecule has 0 radical (unpaired) electrons. The van der Waals surface area contributed by atoms with Crippen LogP contribution in [0.4, 0.5) is 4.79 Å². The summed E-state index contributed by atoms with van der Waals surface area (Å²) in [7, 11) is 3.07. The van der Waals surface area contributed by atoms with E-state index >= 15 is 9.59 Å². The lowest BCUT2D eigenvalue weighted by molar-refractivity contribution is -0.129. The second kappa shape index (κ2) is 25.5. The molecule has 1 unspecified atom stereocenters. The summed E-state index contributed by atoms with van der Waals surface area (Å²) in [6.45, 7) is 3.74. The number of hydrogen-bond donors (Lipinski definition) is 4. The number of carbonyl (C=O) groups is 4. The second-order valence-electron chi connectivity index (χ2n) is 20.4. The summed E-state index contributed by atoms with van der Waals surface area (Å²) in [5.41, 5.74) is 10.5. The van der Waals surface area contributed by atoms with Gasteiger partial charge in [-0.15, -0.1) is 0 Å². The van der Waals surface area contributed by atoms with Gasteiger partial charge in [-0.1, -0.05) is 211 Å². The van der Waals surface area contributed by atoms with E-state index in [2.05, 4.69) is 33.4 Å². The Hall–Kier alpha value is -9.94. The van der Waals surface area contributed by atoms with Crippen molar-refractivity contribution in [2.24, 2.45) is 0 Å². The summed E-state index contributed by atoms with van der Waals surface area (Å²) in [4.78, 5) is 58.4. The van der Waals surface area contributed by atoms with E-state index in [-0.39, 0.29) is 25.0 Å². The van der Waals surface area contributed by atoms with E-state index < -0.39 is 48.0 Å². The van der Waals surface area contributed by atoms with Gasteiger partial charge in [0.1, 0.15) is 35.4 Å². The van der Waals surface area contributed by atoms with Crippen molar-refractivity contribution in [3.05, 3.63) is 292 Å². The number of aryl methyl sites for hydroxylation is 2. The predicted octanol–water partition coefficient (Wildman–Crippen LogP) is 12.2. The Labute approximate surface area is 478 Å². The molecule has 0 spiro atoms. The summed E-state index contributed by atoms with van der Waals surface area (Å²) in [6.07, 6.45) is -1.39. The molecule has 2 atom stereocenters. The number of benzene rings is 9. The third-order valence-corrected chi connectivity index (χ3v) is 15.0. The number of ether oxygens (including phenoxy) is 4. The standard InChI is InChI=1S/C70H64N4O8/c1-46-28-32-48(33-29-46)66(49-34-30-47(2)31-35-49)72-65(76)45-81-54-38-36-50(37-39-54)67(60-41-40-55(79-3)42-63(60)80-4)73-68(77)62(71-69(78)82-44-61-58-26-16-14-24-56(58)57-25-15-17-27-59(57)61)43-64(75)74-70(51-18-8-5-9-19-51,52-20-10-6-11-21-52)53-22-12-7-13-23-53/h5-42,61-62,66-67H,43-45H2,1-4H3,(H,71,78)(H,72,76)(H,73,77)(H,74,75)/t62-,67?/m1/s1. The van der Waals surface area contributed by atoms with E-state index in [1.54, 1.807) is 49.6 Å². The smallest absolute Gasteiger partial charge is 0.407 e. The zero-order chi connectivity index (χ0) is 57.0. The van der Waals surface area contributed by atoms with Gasteiger partial charge in [-0.2, -0.15) is 0 Å². The molecule has 12 heteroatoms. The molecule has 412 valence electrons. The molecule has 0 fully saturated rings. The monoisotopic (exact) mass is 1090 g/mol. The molecule has 0 aliphatic heterocycles. The van der Waals surface area contributed by atoms with Crippen molar-refractivity contribution in [2.75, 3.05) is 27.4 Å². The molecule has 4 amide bonds. The SMILES string of the molecule is COc1ccc(C(NC(=O)[C@@H](CC(=O)NC(c2ccccc2)(c2ccccc2)c2ccccc2)NC(=O)OCC2c3ccccc3-c3ccccc32)c2ccc(OCC(=O)NC(c3ccc(C)cc3)c3ccc(C)cc3)cc2)c(OC)c1. The first-order chi connectivity index (χ1) is 40.0. The quantitative estimate of drug-likeness (QED) is 0.0519. The molecule has 12 nitrogen and oxygen atoms in total. The zero-order valence-corrected chi connectivity index (χ0v) is 46.1. The highest BCUT2D eigenvalue weighted by molar-refractivity contribution is 5.92. The summed E-state index contributed by atoms with van der Waals surface area (Å²) in [6, 6.07) is 70.5. The number of rotatable bonds is 21. The van der Waals surface area contributed by atoms with E-state index in [4.69, 9.17) is 18.9 Å². The van der Waals surface area contributed by atoms with Gasteiger partial charge in [0.25, 0.3) is 5.91 Å². The van der Waals surface area contributed by atoms with Crippen LogP contribution < -0.4 is 35.5 Å². The molecular weight excluding hydrogens is 1020 g/mol. The van der Waals surface area contributed by atoms with Gasteiger partial charge in [0, 0.05) is 17.5 Å². The van der Waals surface area contributed by atoms with Crippen LogP contribution in [0.2, 0.25) is 0 Å². The Morgan fingerprint density at radius 3 is 1.48 bits per heavy atom. The van der Waals surface area contributed by atoms with Gasteiger partial charge in [0.2, 0.25) is 11.8 Å². The van der Waals surface area contributed by atoms with Crippen molar-refractivity contribution in [1.29, 1.82) is 0 Å². The number of alkyl carbamates (subject to hydrolysis) is 1. The molecule has 0 aromatic heterocycles. The predicted molar refractivity (Wildman–Crippen MR) is 318 cm³/mol. The number of nitrogens with one attached hydrogen (secondary N) is 4. The summed E-state index contributed by atoms with van der Waals surface area (Å²) in [5, 5.41) is 12.5. The third-order valence-electron chi connectivity index (χ3n) is 15.0. The van der Waals surface area contributed by atoms with Gasteiger partial charge in [-0.25, -0.2) is 4.79 Å². The van der Waals surface area contributed by atoms with Crippen molar-refractivity contribution in [3.63, 3.8) is 0 Å². The fraction of sp³-hybridized carbons (Fsp3) is 0.171. The zero-order valence-electron chi connectivity index (χ0n) is 46.1. The van der Waals surface area contributed by atoms with Crippen LogP contribution in [0.3, 0.4) is 0 Å². The molecule has 0 saturated heterocycles. The van der Waals surface area contributed by atoms with Crippen LogP contribution in [-0.4, -0.2) is 57.3 Å². The minimum atomic E-state index is -1.48. The van der Waals surface area contributed by atoms with Crippen molar-refractivity contribution in [2.45, 2.75) is 49.9 Å². The van der Waals surface area contributed by atoms with Crippen LogP contribution in [0.1, 0.15) is 85.6 Å². The van der Waals surface area contributed by atoms with Crippen molar-refractivity contribution >= 4 is 23.8 Å². The first kappa shape index (κ1) is 55.4. The maximum Gasteiger partial charge on any atom is 0.407 e. The van der Waals surface area contributed by atoms with E-state index in [0.717, 1.165) is 61.2 Å². The largest absolute Gasteiger partial charge is 0.497 e. The maximum absolute atomic E-state index is 15.3. The Kier molecular flexibility index (Phi) is 17.2. The number of hydrogen-bond acceptors (Lipinski definition) is 8. The molecule has 10 rings (SSSR count). The lowest BCUT2D eigenvalue weighted by Gasteiger charge is -2.37. The van der Waals surface area contributed by atoms with Gasteiger partial charge in [0.05, 0.1) is 32.7 Å². The molecule has 4 N–H and O–H groups in total. The van der Waals surface area contributed by atoms with Crippen LogP contribution in [0.5, 0.6) is 17.2 Å². The molecule has 1 aliphatic rings. The van der Waals surface area contributed by atoms with Gasteiger partial charge in [-0.05, 0) is 93.7 Å². The van der Waals surface area contributed by atoms with Crippen LogP contribution >= 0.6 is 0 Å². The van der Waals surface area contributed by atoms with Gasteiger partial charge >= 0.3 is 6.09 Å². The van der Waals surface area contributed by atoms with Gasteiger partial charge in [-0.3, -0.25) is 14.4 Å². The number of carbonyl (C=O) groups excluding carboxylic acids is 4. The normalized spacial score (nSPS) is 12.5. The molecule has 0 saturated carbocycles. The lowest BCUT2D eigenvalue weighted by Crippen LogP contribution is -2.53. The summed E-state index contributed by atoms with van der Waals surface area (Å²) in [5.74, 6) is -0.498. The topological polar surface area (TPSA) is 153 Å². The van der Waals surface area contributed by atoms with Crippen molar-refractivity contribution in [1.82, 2.24) is 21.3 Å². The van der Waals surface area contributed by atoms with E-state index in [1.807, 2.05) is 190 Å². The average molecular weight is 1090 g/mol. The van der Waals surface area contributed by atoms with Gasteiger partial charge < -0.3 is 40.2 Å². The number of methoxy groups -OCH3 is 2. The molecule has 0 heterocycles. The Morgan fingerprint density at radius 2 is 0.963 bits per heavy atom. The fourth-order valence-corrected chi connectivity index (χ4v) is 10.8. The second-order valence-corrected chi connectivity index (χ2v) is 20.4. The lowest BCUT2D eigenvalue weighted by atomic mass is 9.77. The van der Waals surface area contributed by atoms with Crippen molar-refractivity contribution < 1.29 is 38.1 Å². The highest BCUT2D eigenvalue weighted by Gasteiger charge is 2.40. The summed E-state index contributed by atoms with van der Waals surface area (Å²) >= 11 is 0. The Balaban J connectivity index is 0.943. The third kappa shape index (κ3) is 12.4. The van der Waals surface area contributed by atoms with E-state index in [9.17, 15) is 9.59 Å². The van der Waals surface area contributed by atoms with Crippen LogP contribution in [0.25, 0.3) is 11.1 Å². The molecular formula is C70H64N4O8. The number of amides is 4. The maximum atomic E-state index is 15.3. The number of fused-ring (bicyclic) bond motifs is 3. The van der Waals surface area contributed by atoms with Crippen LogP contribution in [0.15, 0.2) is 231 Å². The highest BCUT2D eigenvalue weighted by atomic mass is 16.5. The summed E-state index contributed by atoms with van der Waals surface area (Å²) < 4.78 is 23.6. The molecule has 9 aromatic carbocycles. The van der Waals surface area contributed by atoms with Crippen molar-refractivity contribution in [3.8, 4) is 28.4 Å². The highest BCUT2D eigenvalue weighted by Crippen LogP contribution is 2.45. The van der Waals surface area contributed by atoms with Crippen LogP contribution in [0, 0.1) is 13.8 Å². The first-order valence-corrected chi connectivity index (χ1v) is 27.3. The average Bonchev–Trinajstić information content (AvgIpc) is 4.05. The van der Waals surface area contributed by atoms with Crippen LogP contribution in [-0.2, 0) is 24.7 Å². The molecule has 9 aromatic rings. The van der Waals surface area contributed by atoms with E-state index in [1.165, 1.54) is 7.11 Å². The molecule has 82 heavy (non-hydrogen) atoms. The Morgan fingerprint density at radius 1 is 0.488 bits per heavy atom.